The molecule has 0 spiro atoms. The van der Waals surface area contributed by atoms with E-state index in [1.165, 1.54) is 24.3 Å². The second-order valence-corrected chi connectivity index (χ2v) is 10.2. The lowest BCUT2D eigenvalue weighted by molar-refractivity contribution is -0.274. The number of nitrogens with one attached hydrogen (secondary N) is 1. The summed E-state index contributed by atoms with van der Waals surface area (Å²) in [6.45, 7) is 4.45. The van der Waals surface area contributed by atoms with E-state index < -0.39 is 12.3 Å². The van der Waals surface area contributed by atoms with Gasteiger partial charge in [0.05, 0.1) is 11.0 Å². The third-order valence-electron chi connectivity index (χ3n) is 6.58. The van der Waals surface area contributed by atoms with E-state index in [4.69, 9.17) is 10.1 Å². The van der Waals surface area contributed by atoms with Gasteiger partial charge in [-0.3, -0.25) is 4.79 Å². The van der Waals surface area contributed by atoms with Gasteiger partial charge in [0.15, 0.2) is 0 Å². The number of ether oxygens (including phenoxy) is 1. The minimum absolute atomic E-state index is 0.00217. The van der Waals surface area contributed by atoms with Crippen molar-refractivity contribution in [1.29, 1.82) is 0 Å². The van der Waals surface area contributed by atoms with Crippen molar-refractivity contribution in [3.63, 3.8) is 0 Å². The maximum absolute atomic E-state index is 12.5. The molecule has 7 nitrogen and oxygen atoms in total. The molecule has 0 radical (unpaired) electrons. The van der Waals surface area contributed by atoms with Gasteiger partial charge in [-0.05, 0) is 79.0 Å². The first-order valence-electron chi connectivity index (χ1n) is 11.9. The molecule has 0 amide bonds. The van der Waals surface area contributed by atoms with E-state index in [0.29, 0.717) is 23.6 Å². The van der Waals surface area contributed by atoms with E-state index in [1.807, 2.05) is 18.2 Å². The lowest BCUT2D eigenvalue weighted by Gasteiger charge is -2.40. The first-order chi connectivity index (χ1) is 16.9. The summed E-state index contributed by atoms with van der Waals surface area (Å²) in [5.41, 5.74) is 2.96. The van der Waals surface area contributed by atoms with Crippen molar-refractivity contribution in [2.75, 3.05) is 11.9 Å². The Kier molecular flexibility index (Phi) is 7.17. The lowest BCUT2D eigenvalue weighted by atomic mass is 9.70. The fourth-order valence-electron chi connectivity index (χ4n) is 5.27. The topological polar surface area (TPSA) is 96.6 Å². The van der Waals surface area contributed by atoms with E-state index in [0.717, 1.165) is 30.3 Å². The van der Waals surface area contributed by atoms with Crippen molar-refractivity contribution in [2.24, 2.45) is 11.3 Å². The molecule has 194 valence electrons. The molecule has 0 unspecified atom stereocenters. The Morgan fingerprint density at radius 1 is 1.19 bits per heavy atom. The molecule has 10 heteroatoms. The standard InChI is InChI=1S/C26H30F3N3O4/c1-25(2)13-17(15-33)11-19(14-25)32-22-9-3-16(4-10-23(34)35)12-21(22)31-24(32)30-18-5-7-20(8-6-18)36-26(27,28)29/h3,5-9,12,17,19,33H,4,10-11,13-15H2,1-2H3,(H,30,31)(H,34,35)/t17-,19+/m0/s1. The largest absolute Gasteiger partial charge is 0.573 e. The molecular weight excluding hydrogens is 475 g/mol. The van der Waals surface area contributed by atoms with Crippen molar-refractivity contribution >= 4 is 28.6 Å². The number of carboxylic acids is 1. The Labute approximate surface area is 206 Å². The van der Waals surface area contributed by atoms with E-state index in [2.05, 4.69) is 28.5 Å². The first kappa shape index (κ1) is 25.8. The van der Waals surface area contributed by atoms with Gasteiger partial charge in [-0.1, -0.05) is 19.9 Å². The number of fused-ring (bicyclic) bond motifs is 1. The van der Waals surface area contributed by atoms with Crippen LogP contribution >= 0.6 is 0 Å². The molecule has 1 aromatic heterocycles. The molecule has 36 heavy (non-hydrogen) atoms. The molecule has 1 aliphatic carbocycles. The maximum Gasteiger partial charge on any atom is 0.573 e. The molecule has 0 bridgehead atoms. The van der Waals surface area contributed by atoms with Gasteiger partial charge in [0, 0.05) is 24.8 Å². The number of aryl methyl sites for hydroxylation is 1. The van der Waals surface area contributed by atoms with Crippen LogP contribution in [0.2, 0.25) is 0 Å². The summed E-state index contributed by atoms with van der Waals surface area (Å²) < 4.78 is 43.6. The third kappa shape index (κ3) is 6.29. The van der Waals surface area contributed by atoms with Gasteiger partial charge in [-0.25, -0.2) is 4.98 Å². The third-order valence-corrected chi connectivity index (χ3v) is 6.58. The molecule has 3 N–H and O–H groups in total. The number of aliphatic carboxylic acids is 1. The summed E-state index contributed by atoms with van der Waals surface area (Å²) >= 11 is 0. The number of aliphatic hydroxyl groups excluding tert-OH is 1. The first-order valence-corrected chi connectivity index (χ1v) is 11.9. The Hall–Kier alpha value is -3.27. The van der Waals surface area contributed by atoms with E-state index in [9.17, 15) is 23.1 Å². The number of aromatic nitrogens is 2. The van der Waals surface area contributed by atoms with Crippen molar-refractivity contribution in [3.05, 3.63) is 48.0 Å². The van der Waals surface area contributed by atoms with Crippen LogP contribution in [0.25, 0.3) is 11.0 Å². The number of hydrogen-bond acceptors (Lipinski definition) is 5. The predicted octanol–water partition coefficient (Wildman–Crippen LogP) is 6.06. The highest BCUT2D eigenvalue weighted by Gasteiger charge is 2.36. The van der Waals surface area contributed by atoms with Gasteiger partial charge in [-0.15, -0.1) is 13.2 Å². The van der Waals surface area contributed by atoms with Gasteiger partial charge in [-0.2, -0.15) is 0 Å². The molecule has 4 rings (SSSR count). The average molecular weight is 506 g/mol. The van der Waals surface area contributed by atoms with Crippen molar-refractivity contribution < 1.29 is 32.9 Å². The number of rotatable bonds is 8. The summed E-state index contributed by atoms with van der Waals surface area (Å²) in [5, 5.41) is 22.2. The van der Waals surface area contributed by atoms with E-state index in [1.54, 1.807) is 0 Å². The number of halogens is 3. The van der Waals surface area contributed by atoms with Crippen LogP contribution in [-0.4, -0.2) is 38.7 Å². The zero-order valence-electron chi connectivity index (χ0n) is 20.2. The lowest BCUT2D eigenvalue weighted by Crippen LogP contribution is -2.32. The fourth-order valence-corrected chi connectivity index (χ4v) is 5.27. The van der Waals surface area contributed by atoms with E-state index in [-0.39, 0.29) is 36.2 Å². The van der Waals surface area contributed by atoms with E-state index >= 15 is 0 Å². The van der Waals surface area contributed by atoms with Crippen LogP contribution < -0.4 is 10.1 Å². The summed E-state index contributed by atoms with van der Waals surface area (Å²) in [6, 6.07) is 11.2. The number of imidazole rings is 1. The number of nitrogens with zero attached hydrogens (tertiary/aromatic N) is 2. The number of hydrogen-bond donors (Lipinski definition) is 3. The zero-order valence-corrected chi connectivity index (χ0v) is 20.2. The number of alkyl halides is 3. The summed E-state index contributed by atoms with van der Waals surface area (Å²) in [7, 11) is 0. The molecule has 0 saturated heterocycles. The minimum atomic E-state index is -4.77. The molecule has 1 saturated carbocycles. The van der Waals surface area contributed by atoms with Crippen LogP contribution in [0.3, 0.4) is 0 Å². The predicted molar refractivity (Wildman–Crippen MR) is 129 cm³/mol. The second-order valence-electron chi connectivity index (χ2n) is 10.2. The molecule has 3 aromatic rings. The second kappa shape index (κ2) is 10.0. The Balaban J connectivity index is 1.71. The van der Waals surface area contributed by atoms with Crippen LogP contribution in [0.4, 0.5) is 24.8 Å². The SMILES string of the molecule is CC1(C)C[C@@H](CO)C[C@@H](n2c(Nc3ccc(OC(F)(F)F)cc3)nc3cc(CCC(=O)O)ccc32)C1. The molecule has 0 aliphatic heterocycles. The molecular formula is C26H30F3N3O4. The summed E-state index contributed by atoms with van der Waals surface area (Å²) in [5.74, 6) is -0.521. The van der Waals surface area contributed by atoms with Gasteiger partial charge >= 0.3 is 12.3 Å². The van der Waals surface area contributed by atoms with Crippen LogP contribution in [0, 0.1) is 11.3 Å². The molecule has 2 aromatic carbocycles. The molecule has 1 fully saturated rings. The molecule has 1 heterocycles. The van der Waals surface area contributed by atoms with Gasteiger partial charge in [0.2, 0.25) is 5.95 Å². The number of carboxylic acid groups (broad SMARTS) is 1. The average Bonchev–Trinajstić information content (AvgIpc) is 3.14. The van der Waals surface area contributed by atoms with Gasteiger partial charge in [0.25, 0.3) is 0 Å². The van der Waals surface area contributed by atoms with Crippen LogP contribution in [-0.2, 0) is 11.2 Å². The van der Waals surface area contributed by atoms with Crippen LogP contribution in [0.15, 0.2) is 42.5 Å². The summed E-state index contributed by atoms with van der Waals surface area (Å²) in [6.07, 6.45) is -1.83. The maximum atomic E-state index is 12.5. The normalized spacial score (nSPS) is 19.8. The van der Waals surface area contributed by atoms with Crippen molar-refractivity contribution in [1.82, 2.24) is 9.55 Å². The number of carbonyl (C=O) groups is 1. The number of aliphatic hydroxyl groups is 1. The monoisotopic (exact) mass is 505 g/mol. The number of benzene rings is 2. The smallest absolute Gasteiger partial charge is 0.481 e. The number of anilines is 2. The highest BCUT2D eigenvalue weighted by molar-refractivity contribution is 5.81. The zero-order chi connectivity index (χ0) is 26.1. The van der Waals surface area contributed by atoms with Gasteiger partial charge < -0.3 is 24.8 Å². The van der Waals surface area contributed by atoms with Crippen LogP contribution in [0.5, 0.6) is 5.75 Å². The van der Waals surface area contributed by atoms with Crippen molar-refractivity contribution in [3.8, 4) is 5.75 Å². The Bertz CT molecular complexity index is 1220. The Morgan fingerprint density at radius 3 is 2.56 bits per heavy atom. The molecule has 1 aliphatic rings. The quantitative estimate of drug-likeness (QED) is 0.345. The summed E-state index contributed by atoms with van der Waals surface area (Å²) in [4.78, 5) is 15.8. The van der Waals surface area contributed by atoms with Crippen LogP contribution in [0.1, 0.15) is 51.1 Å². The van der Waals surface area contributed by atoms with Crippen molar-refractivity contribution in [2.45, 2.75) is 58.4 Å². The fraction of sp³-hybridized carbons (Fsp3) is 0.462. The highest BCUT2D eigenvalue weighted by atomic mass is 19.4. The molecule has 2 atom stereocenters. The minimum Gasteiger partial charge on any atom is -0.481 e. The highest BCUT2D eigenvalue weighted by Crippen LogP contribution is 2.46. The Morgan fingerprint density at radius 2 is 1.92 bits per heavy atom. The van der Waals surface area contributed by atoms with Gasteiger partial charge in [0.1, 0.15) is 5.75 Å².